The normalized spacial score (nSPS) is 14.5. The molecule has 0 spiro atoms. The Balaban J connectivity index is 0.000000425. The van der Waals surface area contributed by atoms with Crippen molar-refractivity contribution in [2.75, 3.05) is 20.2 Å². The molecule has 0 unspecified atom stereocenters. The van der Waals surface area contributed by atoms with Crippen molar-refractivity contribution in [2.45, 2.75) is 85.0 Å². The SMILES string of the molecule is C.NCn1cccc1.O=C(CCCCCN1C(=O)C=CC1=O)NCn1cccc1.O=C(CCCCCN1C(=O)C=CC1=O)ON1C(=O)CCC1=O.[2H]CF. The summed E-state index contributed by atoms with van der Waals surface area (Å²) in [5, 5.41) is 3.35. The third-order valence-electron chi connectivity index (χ3n) is 7.55. The summed E-state index contributed by atoms with van der Waals surface area (Å²) in [5.74, 6) is -2.77. The molecular weight excluding hydrogens is 693 g/mol. The second-order valence-corrected chi connectivity index (χ2v) is 11.3. The highest BCUT2D eigenvalue weighted by atomic mass is 19.1. The first kappa shape index (κ1) is 43.5. The van der Waals surface area contributed by atoms with E-state index in [1.165, 1.54) is 29.2 Å². The van der Waals surface area contributed by atoms with Crippen molar-refractivity contribution in [3.63, 3.8) is 0 Å². The van der Waals surface area contributed by atoms with Gasteiger partial charge in [-0.2, -0.15) is 0 Å². The Bertz CT molecular complexity index is 1530. The predicted molar refractivity (Wildman–Crippen MR) is 191 cm³/mol. The van der Waals surface area contributed by atoms with E-state index in [0.717, 1.165) is 24.2 Å². The van der Waals surface area contributed by atoms with Crippen LogP contribution in [-0.4, -0.2) is 91.6 Å². The van der Waals surface area contributed by atoms with Crippen molar-refractivity contribution in [3.8, 4) is 0 Å². The summed E-state index contributed by atoms with van der Waals surface area (Å²) in [6.07, 6.45) is 17.3. The molecule has 5 rings (SSSR count). The standard InChI is InChI=1S/C15H19N3O3.C14H16N2O6.C5H8N2.CH3F.CH4/c19-13(16-12-17-9-4-5-10-17)6-2-1-3-11-18-14(20)7-8-15(18)21;17-10-5-6-11(18)15(10)9-3-1-2-4-14(21)22-16-12(19)7-8-13(16)20;6-5-7-3-1-2-4-7;1-2;/h4-5,7-10H,1-3,6,11-12H2,(H,16,19);5-6H,1-4,7-9H2;1-4H,5-6H2;1H3;1H4/i;;;1D;. The van der Waals surface area contributed by atoms with Gasteiger partial charge in [0.05, 0.1) is 21.9 Å². The van der Waals surface area contributed by atoms with Gasteiger partial charge in [0.2, 0.25) is 5.91 Å². The van der Waals surface area contributed by atoms with Gasteiger partial charge in [0.1, 0.15) is 0 Å². The lowest BCUT2D eigenvalue weighted by Gasteiger charge is -2.14. The van der Waals surface area contributed by atoms with Crippen LogP contribution in [0.4, 0.5) is 4.39 Å². The van der Waals surface area contributed by atoms with E-state index in [4.69, 9.17) is 11.9 Å². The number of nitrogens with two attached hydrogens (primary N) is 1. The van der Waals surface area contributed by atoms with Gasteiger partial charge in [-0.3, -0.25) is 47.8 Å². The fourth-order valence-electron chi connectivity index (χ4n) is 4.79. The van der Waals surface area contributed by atoms with Gasteiger partial charge in [-0.25, -0.2) is 4.79 Å². The monoisotopic (exact) mass is 744 g/mol. The number of rotatable bonds is 16. The summed E-state index contributed by atoms with van der Waals surface area (Å²) in [6.45, 7) is 1.79. The number of aromatic nitrogens is 2. The van der Waals surface area contributed by atoms with E-state index in [2.05, 4.69) is 5.32 Å². The molecule has 0 aromatic carbocycles. The minimum absolute atomic E-state index is 0. The van der Waals surface area contributed by atoms with E-state index in [1.807, 2.05) is 58.2 Å². The van der Waals surface area contributed by atoms with Crippen molar-refractivity contribution in [3.05, 3.63) is 73.4 Å². The van der Waals surface area contributed by atoms with Crippen molar-refractivity contribution >= 4 is 47.3 Å². The highest BCUT2D eigenvalue weighted by molar-refractivity contribution is 6.13. The molecule has 5 heterocycles. The van der Waals surface area contributed by atoms with Crippen LogP contribution in [0.15, 0.2) is 73.4 Å². The number of halogens is 1. The number of hydroxylamine groups is 2. The number of imide groups is 3. The van der Waals surface area contributed by atoms with E-state index in [-0.39, 0.29) is 56.2 Å². The summed E-state index contributed by atoms with van der Waals surface area (Å²) in [6, 6.07) is 7.71. The molecule has 0 atom stereocenters. The smallest absolute Gasteiger partial charge is 0.333 e. The third-order valence-corrected chi connectivity index (χ3v) is 7.55. The Hall–Kier alpha value is -5.71. The molecule has 16 nitrogen and oxygen atoms in total. The highest BCUT2D eigenvalue weighted by Gasteiger charge is 2.32. The second kappa shape index (κ2) is 25.3. The number of hydrogen-bond acceptors (Lipinski definition) is 10. The Kier molecular flexibility index (Phi) is 20.7. The zero-order valence-corrected chi connectivity index (χ0v) is 28.9. The van der Waals surface area contributed by atoms with E-state index < -0.39 is 24.9 Å². The van der Waals surface area contributed by atoms with E-state index in [9.17, 15) is 42.7 Å². The van der Waals surface area contributed by atoms with Crippen LogP contribution in [-0.2, 0) is 56.5 Å². The summed E-state index contributed by atoms with van der Waals surface area (Å²) >= 11 is 0. The molecule has 1 fully saturated rings. The summed E-state index contributed by atoms with van der Waals surface area (Å²) < 4.78 is 19.3. The first-order chi connectivity index (χ1) is 25.5. The number of unbranched alkanes of at least 4 members (excludes halogenated alkanes) is 4. The number of amides is 7. The Morgan fingerprint density at radius 3 is 1.55 bits per heavy atom. The topological polar surface area (TPSA) is 203 Å². The second-order valence-electron chi connectivity index (χ2n) is 11.3. The minimum Gasteiger partial charge on any atom is -0.341 e. The summed E-state index contributed by atoms with van der Waals surface area (Å²) in [5.41, 5.74) is 5.26. The van der Waals surface area contributed by atoms with Crippen LogP contribution < -0.4 is 11.1 Å². The lowest BCUT2D eigenvalue weighted by atomic mass is 10.2. The van der Waals surface area contributed by atoms with Gasteiger partial charge < -0.3 is 25.0 Å². The van der Waals surface area contributed by atoms with Crippen molar-refractivity contribution in [1.82, 2.24) is 29.3 Å². The molecule has 1 saturated heterocycles. The molecule has 53 heavy (non-hydrogen) atoms. The number of alkyl halides is 1. The first-order valence-electron chi connectivity index (χ1n) is 17.4. The molecule has 0 bridgehead atoms. The zero-order chi connectivity index (χ0) is 39.0. The van der Waals surface area contributed by atoms with Crippen LogP contribution in [0.2, 0.25) is 0 Å². The molecule has 17 heteroatoms. The van der Waals surface area contributed by atoms with Crippen LogP contribution in [0, 0.1) is 0 Å². The molecule has 7 amide bonds. The van der Waals surface area contributed by atoms with Gasteiger partial charge in [-0.15, -0.1) is 5.06 Å². The third kappa shape index (κ3) is 16.5. The number of hydrogen-bond donors (Lipinski definition) is 2. The van der Waals surface area contributed by atoms with Gasteiger partial charge in [0, 0.05) is 87.9 Å². The summed E-state index contributed by atoms with van der Waals surface area (Å²) in [4.78, 5) is 97.9. The lowest BCUT2D eigenvalue weighted by molar-refractivity contribution is -0.197. The zero-order valence-electron chi connectivity index (χ0n) is 29.9. The van der Waals surface area contributed by atoms with Crippen LogP contribution >= 0.6 is 0 Å². The maximum Gasteiger partial charge on any atom is 0.333 e. The molecular formula is C36H50FN7O9. The fraction of sp³-hybridized carbons (Fsp3) is 0.444. The average molecular weight is 745 g/mol. The Morgan fingerprint density at radius 1 is 0.717 bits per heavy atom. The number of nitrogens with one attached hydrogen (secondary N) is 1. The van der Waals surface area contributed by atoms with Crippen LogP contribution in [0.1, 0.15) is 73.0 Å². The molecule has 2 aromatic rings. The average Bonchev–Trinajstić information content (AvgIpc) is 4.00. The molecule has 3 aliphatic rings. The van der Waals surface area contributed by atoms with Crippen LogP contribution in [0.5, 0.6) is 0 Å². The largest absolute Gasteiger partial charge is 0.341 e. The van der Waals surface area contributed by atoms with Gasteiger partial charge in [-0.05, 0) is 49.9 Å². The quantitative estimate of drug-likeness (QED) is 0.190. The van der Waals surface area contributed by atoms with Crippen molar-refractivity contribution < 1.29 is 49.0 Å². The lowest BCUT2D eigenvalue weighted by Crippen LogP contribution is -2.32. The Labute approximate surface area is 309 Å². The molecule has 0 radical (unpaired) electrons. The van der Waals surface area contributed by atoms with Crippen molar-refractivity contribution in [2.24, 2.45) is 5.73 Å². The van der Waals surface area contributed by atoms with Gasteiger partial charge >= 0.3 is 5.97 Å². The predicted octanol–water partition coefficient (Wildman–Crippen LogP) is 2.75. The maximum absolute atomic E-state index is 11.6. The fourth-order valence-corrected chi connectivity index (χ4v) is 4.79. The first-order valence-corrected chi connectivity index (χ1v) is 16.7. The molecule has 3 N–H and O–H groups in total. The summed E-state index contributed by atoms with van der Waals surface area (Å²) in [7, 11) is -1.00. The molecule has 2 aromatic heterocycles. The molecule has 0 saturated carbocycles. The molecule has 0 aliphatic carbocycles. The maximum atomic E-state index is 11.6. The van der Waals surface area contributed by atoms with E-state index >= 15 is 0 Å². The van der Waals surface area contributed by atoms with Crippen molar-refractivity contribution in [1.29, 1.82) is 0 Å². The highest BCUT2D eigenvalue weighted by Crippen LogP contribution is 2.14. The van der Waals surface area contributed by atoms with Gasteiger partial charge in [0.25, 0.3) is 35.4 Å². The van der Waals surface area contributed by atoms with E-state index in [1.54, 1.807) is 0 Å². The molecule has 290 valence electrons. The Morgan fingerprint density at radius 2 is 1.13 bits per heavy atom. The van der Waals surface area contributed by atoms with Gasteiger partial charge in [-0.1, -0.05) is 20.3 Å². The number of carbonyl (C=O) groups is 8. The number of nitrogens with zero attached hydrogens (tertiary/aromatic N) is 5. The van der Waals surface area contributed by atoms with Crippen LogP contribution in [0.3, 0.4) is 0 Å². The minimum atomic E-state index is -1.00. The molecule has 3 aliphatic heterocycles. The number of carbonyl (C=O) groups excluding carboxylic acids is 8. The van der Waals surface area contributed by atoms with Crippen LogP contribution in [0.25, 0.3) is 0 Å². The van der Waals surface area contributed by atoms with E-state index in [0.29, 0.717) is 57.2 Å². The van der Waals surface area contributed by atoms with Gasteiger partial charge in [0.15, 0.2) is 0 Å².